The summed E-state index contributed by atoms with van der Waals surface area (Å²) in [7, 11) is 0. The van der Waals surface area contributed by atoms with Gasteiger partial charge in [-0.25, -0.2) is 4.98 Å². The fourth-order valence-corrected chi connectivity index (χ4v) is 4.47. The number of fused-ring (bicyclic) bond motifs is 2. The number of hydrogen-bond acceptors (Lipinski definition) is 5. The lowest BCUT2D eigenvalue weighted by Crippen LogP contribution is -2.35. The summed E-state index contributed by atoms with van der Waals surface area (Å²) in [5, 5.41) is 4.36. The van der Waals surface area contributed by atoms with Gasteiger partial charge in [-0.05, 0) is 36.4 Å². The second kappa shape index (κ2) is 7.14. The van der Waals surface area contributed by atoms with Crippen molar-refractivity contribution in [3.8, 4) is 0 Å². The number of anilines is 1. The van der Waals surface area contributed by atoms with Crippen molar-refractivity contribution in [2.24, 2.45) is 0 Å². The number of carbonyl (C=O) groups is 2. The van der Waals surface area contributed by atoms with Gasteiger partial charge in [0.05, 0.1) is 12.2 Å². The van der Waals surface area contributed by atoms with E-state index in [1.54, 1.807) is 24.4 Å². The number of nitrogens with zero attached hydrogens (tertiary/aromatic N) is 3. The second-order valence-electron chi connectivity index (χ2n) is 6.81. The summed E-state index contributed by atoms with van der Waals surface area (Å²) in [4.78, 5) is 39.8. The molecule has 1 aromatic carbocycles. The fourth-order valence-electron chi connectivity index (χ4n) is 3.45. The number of pyridine rings is 1. The molecule has 0 bridgehead atoms. The Hall–Kier alpha value is -3.52. The van der Waals surface area contributed by atoms with Gasteiger partial charge in [-0.1, -0.05) is 17.4 Å². The number of H-pyrrole nitrogens is 1. The number of carbonyl (C=O) groups excluding carboxylic acids is 2. The molecule has 0 saturated carbocycles. The number of hydrogen-bond donors (Lipinski definition) is 2. The van der Waals surface area contributed by atoms with E-state index in [0.717, 1.165) is 21.5 Å². The minimum absolute atomic E-state index is 0.00576. The standard InChI is InChI=1S/C21H17N5O2S/c27-19(17-3-1-2-8-22-17)25-21-24-16-7-10-26(12-18(16)29-21)20(28)14-4-5-15-13(11-14)6-9-23-15/h1-6,8-9,11,23H,7,10,12H2,(H,24,25,27). The van der Waals surface area contributed by atoms with Gasteiger partial charge in [0.2, 0.25) is 0 Å². The summed E-state index contributed by atoms with van der Waals surface area (Å²) in [5.74, 6) is -0.282. The first-order valence-electron chi connectivity index (χ1n) is 9.25. The molecule has 0 unspecified atom stereocenters. The lowest BCUT2D eigenvalue weighted by molar-refractivity contribution is 0.0736. The topological polar surface area (TPSA) is 91.0 Å². The van der Waals surface area contributed by atoms with Crippen LogP contribution in [0, 0.1) is 0 Å². The number of amides is 2. The number of aromatic amines is 1. The number of nitrogens with one attached hydrogen (secondary N) is 2. The molecule has 1 aliphatic rings. The van der Waals surface area contributed by atoms with E-state index in [2.05, 4.69) is 20.3 Å². The monoisotopic (exact) mass is 403 g/mol. The first-order chi connectivity index (χ1) is 14.2. The molecule has 29 heavy (non-hydrogen) atoms. The number of benzene rings is 1. The van der Waals surface area contributed by atoms with Crippen LogP contribution in [0.15, 0.2) is 54.9 Å². The third-order valence-corrected chi connectivity index (χ3v) is 5.93. The van der Waals surface area contributed by atoms with E-state index in [0.29, 0.717) is 35.9 Å². The van der Waals surface area contributed by atoms with Gasteiger partial charge < -0.3 is 9.88 Å². The van der Waals surface area contributed by atoms with Gasteiger partial charge in [0.25, 0.3) is 11.8 Å². The Kier molecular flexibility index (Phi) is 4.33. The fraction of sp³-hybridized carbons (Fsp3) is 0.143. The van der Waals surface area contributed by atoms with E-state index in [4.69, 9.17) is 0 Å². The number of aromatic nitrogens is 3. The predicted molar refractivity (Wildman–Crippen MR) is 111 cm³/mol. The van der Waals surface area contributed by atoms with Crippen molar-refractivity contribution >= 4 is 39.2 Å². The summed E-state index contributed by atoms with van der Waals surface area (Å²) in [5.41, 5.74) is 2.97. The zero-order valence-electron chi connectivity index (χ0n) is 15.4. The molecule has 2 N–H and O–H groups in total. The first kappa shape index (κ1) is 17.6. The van der Waals surface area contributed by atoms with Crippen LogP contribution in [0.25, 0.3) is 10.9 Å². The largest absolute Gasteiger partial charge is 0.361 e. The Balaban J connectivity index is 1.32. The first-order valence-corrected chi connectivity index (χ1v) is 10.1. The molecule has 0 radical (unpaired) electrons. The quantitative estimate of drug-likeness (QED) is 0.548. The van der Waals surface area contributed by atoms with Gasteiger partial charge in [0, 0.05) is 46.7 Å². The van der Waals surface area contributed by atoms with Crippen LogP contribution in [0.2, 0.25) is 0 Å². The average molecular weight is 403 g/mol. The highest BCUT2D eigenvalue weighted by molar-refractivity contribution is 7.15. The average Bonchev–Trinajstić information content (AvgIpc) is 3.38. The van der Waals surface area contributed by atoms with Crippen LogP contribution in [0.1, 0.15) is 31.4 Å². The van der Waals surface area contributed by atoms with Crippen molar-refractivity contribution in [3.05, 3.63) is 76.7 Å². The summed E-state index contributed by atoms with van der Waals surface area (Å²) in [6, 6.07) is 12.8. The second-order valence-corrected chi connectivity index (χ2v) is 7.90. The van der Waals surface area contributed by atoms with Crippen LogP contribution in [0.4, 0.5) is 5.13 Å². The third-order valence-electron chi connectivity index (χ3n) is 4.94. The normalized spacial score (nSPS) is 13.3. The van der Waals surface area contributed by atoms with Crippen molar-refractivity contribution in [3.63, 3.8) is 0 Å². The number of rotatable bonds is 3. The van der Waals surface area contributed by atoms with Gasteiger partial charge in [-0.3, -0.25) is 19.9 Å². The van der Waals surface area contributed by atoms with E-state index in [9.17, 15) is 9.59 Å². The maximum atomic E-state index is 13.0. The SMILES string of the molecule is O=C(Nc1nc2c(s1)CN(C(=O)c1ccc3[nH]ccc3c1)CC2)c1ccccn1. The Labute approximate surface area is 170 Å². The molecule has 0 atom stereocenters. The Morgan fingerprint density at radius 3 is 2.97 bits per heavy atom. The molecule has 3 aromatic heterocycles. The summed E-state index contributed by atoms with van der Waals surface area (Å²) in [6.07, 6.45) is 4.11. The maximum Gasteiger partial charge on any atom is 0.276 e. The van der Waals surface area contributed by atoms with Gasteiger partial charge >= 0.3 is 0 Å². The molecule has 1 aliphatic heterocycles. The van der Waals surface area contributed by atoms with E-state index < -0.39 is 0 Å². The lowest BCUT2D eigenvalue weighted by atomic mass is 10.1. The molecule has 2 amide bonds. The zero-order chi connectivity index (χ0) is 19.8. The van der Waals surface area contributed by atoms with Crippen LogP contribution >= 0.6 is 11.3 Å². The molecule has 144 valence electrons. The van der Waals surface area contributed by atoms with E-state index >= 15 is 0 Å². The molecule has 4 aromatic rings. The molecular formula is C21H17N5O2S. The summed E-state index contributed by atoms with van der Waals surface area (Å²) >= 11 is 1.41. The Morgan fingerprint density at radius 2 is 2.10 bits per heavy atom. The van der Waals surface area contributed by atoms with Crippen molar-refractivity contribution in [2.75, 3.05) is 11.9 Å². The van der Waals surface area contributed by atoms with Gasteiger partial charge in [0.15, 0.2) is 5.13 Å². The highest BCUT2D eigenvalue weighted by atomic mass is 32.1. The van der Waals surface area contributed by atoms with Crippen molar-refractivity contribution < 1.29 is 9.59 Å². The molecule has 0 spiro atoms. The van der Waals surface area contributed by atoms with Crippen LogP contribution in [0.5, 0.6) is 0 Å². The smallest absolute Gasteiger partial charge is 0.276 e. The molecule has 5 rings (SSSR count). The van der Waals surface area contributed by atoms with Crippen LogP contribution in [0.3, 0.4) is 0 Å². The van der Waals surface area contributed by atoms with Crippen LogP contribution in [-0.2, 0) is 13.0 Å². The molecule has 7 nitrogen and oxygen atoms in total. The van der Waals surface area contributed by atoms with Crippen LogP contribution < -0.4 is 5.32 Å². The predicted octanol–water partition coefficient (Wildman–Crippen LogP) is 3.47. The minimum Gasteiger partial charge on any atom is -0.361 e. The van der Waals surface area contributed by atoms with E-state index in [-0.39, 0.29) is 11.8 Å². The number of thiazole rings is 1. The Morgan fingerprint density at radius 1 is 1.17 bits per heavy atom. The van der Waals surface area contributed by atoms with Crippen molar-refractivity contribution in [2.45, 2.75) is 13.0 Å². The molecule has 8 heteroatoms. The van der Waals surface area contributed by atoms with E-state index in [1.807, 2.05) is 35.4 Å². The molecular weight excluding hydrogens is 386 g/mol. The molecule has 4 heterocycles. The molecule has 0 aliphatic carbocycles. The highest BCUT2D eigenvalue weighted by Gasteiger charge is 2.25. The van der Waals surface area contributed by atoms with Crippen LogP contribution in [-0.4, -0.2) is 38.2 Å². The van der Waals surface area contributed by atoms with Crippen molar-refractivity contribution in [1.82, 2.24) is 19.9 Å². The summed E-state index contributed by atoms with van der Waals surface area (Å²) < 4.78 is 0. The molecule has 0 saturated heterocycles. The lowest BCUT2D eigenvalue weighted by Gasteiger charge is -2.26. The third kappa shape index (κ3) is 3.38. The minimum atomic E-state index is -0.288. The highest BCUT2D eigenvalue weighted by Crippen LogP contribution is 2.29. The van der Waals surface area contributed by atoms with E-state index in [1.165, 1.54) is 11.3 Å². The maximum absolute atomic E-state index is 13.0. The Bertz CT molecular complexity index is 1210. The summed E-state index contributed by atoms with van der Waals surface area (Å²) in [6.45, 7) is 1.10. The van der Waals surface area contributed by atoms with Gasteiger partial charge in [-0.2, -0.15) is 0 Å². The van der Waals surface area contributed by atoms with Gasteiger partial charge in [-0.15, -0.1) is 0 Å². The van der Waals surface area contributed by atoms with Crippen molar-refractivity contribution in [1.29, 1.82) is 0 Å². The zero-order valence-corrected chi connectivity index (χ0v) is 16.2. The molecule has 0 fully saturated rings. The van der Waals surface area contributed by atoms with Gasteiger partial charge in [0.1, 0.15) is 5.69 Å².